The highest BCUT2D eigenvalue weighted by molar-refractivity contribution is 6.20. The molecular weight excluding hydrogens is 202 g/mol. The Kier molecular flexibility index (Phi) is 1.80. The van der Waals surface area contributed by atoms with E-state index in [-0.39, 0.29) is 5.78 Å². The minimum absolute atomic E-state index is 0.00625. The van der Waals surface area contributed by atoms with E-state index in [1.54, 1.807) is 25.4 Å². The smallest absolute Gasteiger partial charge is 0.212 e. The van der Waals surface area contributed by atoms with E-state index >= 15 is 0 Å². The standard InChI is InChI=1S/C13H9NO2/c1-16-8-4-5-10-11(7-8)9-3-2-6-14-12(9)13(10)15/h2-7H,1H3. The molecule has 78 valence electrons. The molecular formula is C13H9NO2. The van der Waals surface area contributed by atoms with Crippen LogP contribution in [0, 0.1) is 0 Å². The van der Waals surface area contributed by atoms with Gasteiger partial charge < -0.3 is 4.74 Å². The zero-order valence-electron chi connectivity index (χ0n) is 8.73. The first-order valence-electron chi connectivity index (χ1n) is 4.99. The minimum atomic E-state index is -0.00625. The van der Waals surface area contributed by atoms with Gasteiger partial charge in [0.2, 0.25) is 5.78 Å². The van der Waals surface area contributed by atoms with Crippen LogP contribution in [0.1, 0.15) is 16.1 Å². The number of carbonyl (C=O) groups excluding carboxylic acids is 1. The first kappa shape index (κ1) is 9.09. The molecule has 0 fully saturated rings. The van der Waals surface area contributed by atoms with Crippen molar-refractivity contribution in [3.8, 4) is 16.9 Å². The molecule has 3 heteroatoms. The summed E-state index contributed by atoms with van der Waals surface area (Å²) >= 11 is 0. The molecule has 2 aromatic rings. The quantitative estimate of drug-likeness (QED) is 0.620. The number of ether oxygens (including phenoxy) is 1. The molecule has 16 heavy (non-hydrogen) atoms. The number of ketones is 1. The van der Waals surface area contributed by atoms with E-state index in [0.29, 0.717) is 11.3 Å². The Morgan fingerprint density at radius 3 is 2.81 bits per heavy atom. The van der Waals surface area contributed by atoms with E-state index < -0.39 is 0 Å². The summed E-state index contributed by atoms with van der Waals surface area (Å²) in [4.78, 5) is 16.1. The minimum Gasteiger partial charge on any atom is -0.497 e. The van der Waals surface area contributed by atoms with Crippen molar-refractivity contribution < 1.29 is 9.53 Å². The van der Waals surface area contributed by atoms with Crippen LogP contribution in [0.4, 0.5) is 0 Å². The number of fused-ring (bicyclic) bond motifs is 3. The van der Waals surface area contributed by atoms with Gasteiger partial charge in [0.1, 0.15) is 11.4 Å². The zero-order valence-corrected chi connectivity index (χ0v) is 8.73. The summed E-state index contributed by atoms with van der Waals surface area (Å²) in [5.74, 6) is 0.747. The molecule has 1 heterocycles. The lowest BCUT2D eigenvalue weighted by Crippen LogP contribution is -1.97. The van der Waals surface area contributed by atoms with E-state index in [0.717, 1.165) is 16.9 Å². The van der Waals surface area contributed by atoms with Gasteiger partial charge in [-0.3, -0.25) is 9.78 Å². The maximum Gasteiger partial charge on any atom is 0.212 e. The Morgan fingerprint density at radius 1 is 1.12 bits per heavy atom. The summed E-state index contributed by atoms with van der Waals surface area (Å²) in [7, 11) is 1.61. The lowest BCUT2D eigenvalue weighted by molar-refractivity contribution is 0.103. The predicted molar refractivity (Wildman–Crippen MR) is 59.7 cm³/mol. The van der Waals surface area contributed by atoms with Gasteiger partial charge in [-0.15, -0.1) is 0 Å². The zero-order chi connectivity index (χ0) is 11.1. The molecule has 0 saturated carbocycles. The molecule has 1 aliphatic rings. The van der Waals surface area contributed by atoms with E-state index in [4.69, 9.17) is 4.74 Å². The topological polar surface area (TPSA) is 39.2 Å². The molecule has 0 N–H and O–H groups in total. The van der Waals surface area contributed by atoms with Crippen molar-refractivity contribution in [1.29, 1.82) is 0 Å². The molecule has 0 saturated heterocycles. The Balaban J connectivity index is 2.31. The molecule has 1 aromatic carbocycles. The molecule has 1 aromatic heterocycles. The highest BCUT2D eigenvalue weighted by Gasteiger charge is 2.27. The van der Waals surface area contributed by atoms with Crippen LogP contribution in [0.25, 0.3) is 11.1 Å². The maximum absolute atomic E-state index is 12.0. The predicted octanol–water partition coefficient (Wildman–Crippen LogP) is 2.30. The Hall–Kier alpha value is -2.16. The van der Waals surface area contributed by atoms with E-state index in [2.05, 4.69) is 4.98 Å². The fourth-order valence-corrected chi connectivity index (χ4v) is 2.00. The highest BCUT2D eigenvalue weighted by Crippen LogP contribution is 2.37. The van der Waals surface area contributed by atoms with Crippen LogP contribution in [0.5, 0.6) is 5.75 Å². The van der Waals surface area contributed by atoms with Crippen LogP contribution in [-0.2, 0) is 0 Å². The molecule has 0 unspecified atom stereocenters. The number of hydrogen-bond donors (Lipinski definition) is 0. The number of rotatable bonds is 1. The molecule has 0 atom stereocenters. The van der Waals surface area contributed by atoms with Crippen molar-refractivity contribution >= 4 is 5.78 Å². The number of benzene rings is 1. The van der Waals surface area contributed by atoms with Gasteiger partial charge in [0.25, 0.3) is 0 Å². The fourth-order valence-electron chi connectivity index (χ4n) is 2.00. The van der Waals surface area contributed by atoms with Gasteiger partial charge >= 0.3 is 0 Å². The molecule has 0 radical (unpaired) electrons. The number of carbonyl (C=O) groups is 1. The number of nitrogens with zero attached hydrogens (tertiary/aromatic N) is 1. The van der Waals surface area contributed by atoms with Crippen molar-refractivity contribution in [3.05, 3.63) is 47.8 Å². The van der Waals surface area contributed by atoms with Crippen molar-refractivity contribution in [2.24, 2.45) is 0 Å². The fraction of sp³-hybridized carbons (Fsp3) is 0.0769. The van der Waals surface area contributed by atoms with Gasteiger partial charge in [0, 0.05) is 17.3 Å². The average molecular weight is 211 g/mol. The van der Waals surface area contributed by atoms with Crippen molar-refractivity contribution in [2.45, 2.75) is 0 Å². The molecule has 1 aliphatic carbocycles. The summed E-state index contributed by atoms with van der Waals surface area (Å²) in [5.41, 5.74) is 3.04. The summed E-state index contributed by atoms with van der Waals surface area (Å²) in [6.07, 6.45) is 1.64. The SMILES string of the molecule is COc1ccc2c(c1)-c1cccnc1C2=O. The van der Waals surface area contributed by atoms with E-state index in [1.807, 2.05) is 18.2 Å². The Morgan fingerprint density at radius 2 is 2.00 bits per heavy atom. The van der Waals surface area contributed by atoms with Crippen LogP contribution in [0.3, 0.4) is 0 Å². The first-order chi connectivity index (χ1) is 7.81. The number of aromatic nitrogens is 1. The average Bonchev–Trinajstić information content (AvgIpc) is 2.64. The second kappa shape index (κ2) is 3.17. The lowest BCUT2D eigenvalue weighted by Gasteiger charge is -2.02. The van der Waals surface area contributed by atoms with Gasteiger partial charge in [-0.25, -0.2) is 0 Å². The van der Waals surface area contributed by atoms with Crippen LogP contribution >= 0.6 is 0 Å². The van der Waals surface area contributed by atoms with Gasteiger partial charge in [-0.1, -0.05) is 6.07 Å². The molecule has 3 nitrogen and oxygen atoms in total. The van der Waals surface area contributed by atoms with Gasteiger partial charge in [-0.05, 0) is 29.8 Å². The van der Waals surface area contributed by atoms with Gasteiger partial charge in [0.15, 0.2) is 0 Å². The third-order valence-corrected chi connectivity index (χ3v) is 2.78. The first-order valence-corrected chi connectivity index (χ1v) is 4.99. The largest absolute Gasteiger partial charge is 0.497 e. The molecule has 0 bridgehead atoms. The van der Waals surface area contributed by atoms with Crippen molar-refractivity contribution in [1.82, 2.24) is 4.98 Å². The summed E-state index contributed by atoms with van der Waals surface area (Å²) < 4.78 is 5.16. The van der Waals surface area contributed by atoms with E-state index in [1.165, 1.54) is 0 Å². The van der Waals surface area contributed by atoms with Crippen molar-refractivity contribution in [2.75, 3.05) is 7.11 Å². The summed E-state index contributed by atoms with van der Waals surface area (Å²) in [6.45, 7) is 0. The van der Waals surface area contributed by atoms with Crippen molar-refractivity contribution in [3.63, 3.8) is 0 Å². The third kappa shape index (κ3) is 1.08. The lowest BCUT2D eigenvalue weighted by atomic mass is 10.1. The number of hydrogen-bond acceptors (Lipinski definition) is 3. The van der Waals surface area contributed by atoms with Crippen LogP contribution in [0.2, 0.25) is 0 Å². The van der Waals surface area contributed by atoms with Crippen LogP contribution < -0.4 is 4.74 Å². The second-order valence-corrected chi connectivity index (χ2v) is 3.64. The summed E-state index contributed by atoms with van der Waals surface area (Å²) in [5, 5.41) is 0. The van der Waals surface area contributed by atoms with Gasteiger partial charge in [0.05, 0.1) is 7.11 Å². The van der Waals surface area contributed by atoms with Gasteiger partial charge in [-0.2, -0.15) is 0 Å². The molecule has 0 spiro atoms. The molecule has 0 amide bonds. The molecule has 3 rings (SSSR count). The highest BCUT2D eigenvalue weighted by atomic mass is 16.5. The Labute approximate surface area is 92.7 Å². The summed E-state index contributed by atoms with van der Waals surface area (Å²) in [6, 6.07) is 9.20. The van der Waals surface area contributed by atoms with Crippen LogP contribution in [-0.4, -0.2) is 17.9 Å². The van der Waals surface area contributed by atoms with Crippen LogP contribution in [0.15, 0.2) is 36.5 Å². The normalized spacial score (nSPS) is 12.2. The second-order valence-electron chi connectivity index (χ2n) is 3.64. The number of pyridine rings is 1. The maximum atomic E-state index is 12.0. The monoisotopic (exact) mass is 211 g/mol. The van der Waals surface area contributed by atoms with E-state index in [9.17, 15) is 4.79 Å². The molecule has 0 aliphatic heterocycles. The number of methoxy groups -OCH3 is 1. The third-order valence-electron chi connectivity index (χ3n) is 2.78. The Bertz CT molecular complexity index is 590.